The van der Waals surface area contributed by atoms with E-state index in [0.717, 1.165) is 0 Å². The lowest BCUT2D eigenvalue weighted by molar-refractivity contribution is 0.107. The molecule has 0 aromatic heterocycles. The Labute approximate surface area is 124 Å². The molecule has 0 saturated heterocycles. The topological polar surface area (TPSA) is 35.5 Å². The summed E-state index contributed by atoms with van der Waals surface area (Å²) >= 11 is 5.37. The van der Waals surface area contributed by atoms with Gasteiger partial charge in [0.1, 0.15) is 17.1 Å². The largest absolute Gasteiger partial charge is 0.496 e. The van der Waals surface area contributed by atoms with Crippen molar-refractivity contribution in [2.24, 2.45) is 0 Å². The number of benzene rings is 2. The van der Waals surface area contributed by atoms with Crippen LogP contribution in [-0.4, -0.2) is 19.5 Å². The van der Waals surface area contributed by atoms with Gasteiger partial charge in [0.25, 0.3) is 5.24 Å². The minimum atomic E-state index is -0.589. The fraction of sp³-hybridized carbons (Fsp3) is 0.188. The first-order chi connectivity index (χ1) is 9.60. The van der Waals surface area contributed by atoms with Crippen molar-refractivity contribution >= 4 is 16.8 Å². The first kappa shape index (κ1) is 16.1. The van der Waals surface area contributed by atoms with E-state index in [1.807, 2.05) is 18.2 Å². The molecule has 0 bridgehead atoms. The van der Waals surface area contributed by atoms with E-state index in [1.54, 1.807) is 18.2 Å². The van der Waals surface area contributed by atoms with Crippen LogP contribution in [0.1, 0.15) is 15.9 Å². The number of carbonyl (C=O) groups excluding carboxylic acids is 1. The second-order valence-electron chi connectivity index (χ2n) is 3.97. The van der Waals surface area contributed by atoms with E-state index < -0.39 is 5.24 Å². The highest BCUT2D eigenvalue weighted by Crippen LogP contribution is 2.29. The van der Waals surface area contributed by atoms with Gasteiger partial charge in [-0.05, 0) is 30.7 Å². The molecule has 0 aliphatic carbocycles. The zero-order chi connectivity index (χ0) is 15.0. The quantitative estimate of drug-likeness (QED) is 0.800. The molecule has 20 heavy (non-hydrogen) atoms. The number of rotatable bonds is 3. The van der Waals surface area contributed by atoms with Crippen LogP contribution < -0.4 is 9.47 Å². The van der Waals surface area contributed by atoms with Gasteiger partial charge < -0.3 is 9.47 Å². The fourth-order valence-electron chi connectivity index (χ4n) is 1.58. The summed E-state index contributed by atoms with van der Waals surface area (Å²) in [6, 6.07) is 15.3. The van der Waals surface area contributed by atoms with Gasteiger partial charge in [0.05, 0.1) is 14.2 Å². The van der Waals surface area contributed by atoms with Crippen molar-refractivity contribution in [2.75, 3.05) is 14.2 Å². The summed E-state index contributed by atoms with van der Waals surface area (Å²) in [6.45, 7) is 2.08. The van der Waals surface area contributed by atoms with E-state index >= 15 is 0 Å². The number of hydrogen-bond donors (Lipinski definition) is 0. The molecule has 0 radical (unpaired) electrons. The second-order valence-corrected chi connectivity index (χ2v) is 4.31. The molecule has 4 heteroatoms. The Hall–Kier alpha value is -2.00. The van der Waals surface area contributed by atoms with Crippen molar-refractivity contribution in [2.45, 2.75) is 6.92 Å². The highest BCUT2D eigenvalue weighted by molar-refractivity contribution is 6.68. The van der Waals surface area contributed by atoms with Gasteiger partial charge in [-0.2, -0.15) is 0 Å². The van der Waals surface area contributed by atoms with Crippen molar-refractivity contribution in [3.8, 4) is 11.5 Å². The molecule has 2 aromatic carbocycles. The van der Waals surface area contributed by atoms with Crippen molar-refractivity contribution in [1.29, 1.82) is 0 Å². The van der Waals surface area contributed by atoms with Gasteiger partial charge in [-0.15, -0.1) is 0 Å². The summed E-state index contributed by atoms with van der Waals surface area (Å²) in [5, 5.41) is -0.589. The van der Waals surface area contributed by atoms with Gasteiger partial charge in [0.15, 0.2) is 0 Å². The number of ether oxygens (including phenoxy) is 2. The van der Waals surface area contributed by atoms with Crippen LogP contribution in [0.4, 0.5) is 0 Å². The van der Waals surface area contributed by atoms with Crippen LogP contribution in [0, 0.1) is 6.92 Å². The Bertz CT molecular complexity index is 531. The van der Waals surface area contributed by atoms with Crippen LogP contribution in [0.5, 0.6) is 11.5 Å². The van der Waals surface area contributed by atoms with E-state index in [1.165, 1.54) is 19.8 Å². The number of carbonyl (C=O) groups is 1. The van der Waals surface area contributed by atoms with Gasteiger partial charge >= 0.3 is 0 Å². The minimum absolute atomic E-state index is 0.258. The number of hydrogen-bond acceptors (Lipinski definition) is 3. The van der Waals surface area contributed by atoms with E-state index in [-0.39, 0.29) is 5.56 Å². The standard InChI is InChI=1S/C9H9ClO3.C7H8/c1-12-6-4-3-5-7(13-2)8(6)9(10)11;1-7-5-3-2-4-6-7/h3-5H,1-2H3;2-6H,1H3. The predicted octanol–water partition coefficient (Wildman–Crippen LogP) is 4.08. The average molecular weight is 293 g/mol. The summed E-state index contributed by atoms with van der Waals surface area (Å²) in [6.07, 6.45) is 0. The van der Waals surface area contributed by atoms with Gasteiger partial charge in [-0.25, -0.2) is 0 Å². The third-order valence-electron chi connectivity index (χ3n) is 2.56. The second kappa shape index (κ2) is 8.23. The summed E-state index contributed by atoms with van der Waals surface area (Å²) < 4.78 is 9.93. The zero-order valence-corrected chi connectivity index (χ0v) is 12.5. The normalized spacial score (nSPS) is 9.20. The lowest BCUT2D eigenvalue weighted by Crippen LogP contribution is -1.99. The first-order valence-corrected chi connectivity index (χ1v) is 6.40. The Kier molecular flexibility index (Phi) is 6.60. The summed E-state index contributed by atoms with van der Waals surface area (Å²) in [5.41, 5.74) is 1.58. The first-order valence-electron chi connectivity index (χ1n) is 6.02. The van der Waals surface area contributed by atoms with Crippen molar-refractivity contribution < 1.29 is 14.3 Å². The molecule has 0 N–H and O–H groups in total. The number of methoxy groups -OCH3 is 2. The summed E-state index contributed by atoms with van der Waals surface area (Å²) in [7, 11) is 2.94. The molecule has 0 spiro atoms. The van der Waals surface area contributed by atoms with Gasteiger partial charge in [-0.3, -0.25) is 4.79 Å². The minimum Gasteiger partial charge on any atom is -0.496 e. The average Bonchev–Trinajstić information content (AvgIpc) is 2.47. The van der Waals surface area contributed by atoms with E-state index in [0.29, 0.717) is 11.5 Å². The maximum absolute atomic E-state index is 11.0. The molecule has 0 amide bonds. The smallest absolute Gasteiger partial charge is 0.259 e. The molecular weight excluding hydrogens is 276 g/mol. The molecule has 2 aromatic rings. The van der Waals surface area contributed by atoms with Crippen LogP contribution in [0.2, 0.25) is 0 Å². The van der Waals surface area contributed by atoms with Crippen molar-refractivity contribution in [3.05, 3.63) is 59.7 Å². The van der Waals surface area contributed by atoms with E-state index in [9.17, 15) is 4.79 Å². The lowest BCUT2D eigenvalue weighted by Gasteiger charge is -2.08. The van der Waals surface area contributed by atoms with Gasteiger partial charge in [0.2, 0.25) is 0 Å². The zero-order valence-electron chi connectivity index (χ0n) is 11.7. The third-order valence-corrected chi connectivity index (χ3v) is 2.75. The van der Waals surface area contributed by atoms with Crippen LogP contribution in [-0.2, 0) is 0 Å². The molecule has 106 valence electrons. The maximum atomic E-state index is 11.0. The highest BCUT2D eigenvalue weighted by Gasteiger charge is 2.15. The molecule has 0 aliphatic heterocycles. The molecule has 0 atom stereocenters. The van der Waals surface area contributed by atoms with Crippen LogP contribution >= 0.6 is 11.6 Å². The Morgan fingerprint density at radius 1 is 0.900 bits per heavy atom. The SMILES string of the molecule is COc1cccc(OC)c1C(=O)Cl.Cc1ccccc1. The molecular formula is C16H17ClO3. The van der Waals surface area contributed by atoms with E-state index in [4.69, 9.17) is 21.1 Å². The molecule has 0 saturated carbocycles. The van der Waals surface area contributed by atoms with Crippen molar-refractivity contribution in [1.82, 2.24) is 0 Å². The summed E-state index contributed by atoms with van der Waals surface area (Å²) in [4.78, 5) is 11.0. The van der Waals surface area contributed by atoms with Crippen LogP contribution in [0.15, 0.2) is 48.5 Å². The van der Waals surface area contributed by atoms with Crippen molar-refractivity contribution in [3.63, 3.8) is 0 Å². The highest BCUT2D eigenvalue weighted by atomic mass is 35.5. The van der Waals surface area contributed by atoms with Crippen LogP contribution in [0.25, 0.3) is 0 Å². The molecule has 0 unspecified atom stereocenters. The monoisotopic (exact) mass is 292 g/mol. The lowest BCUT2D eigenvalue weighted by atomic mass is 10.2. The summed E-state index contributed by atoms with van der Waals surface area (Å²) in [5.74, 6) is 0.832. The molecule has 2 rings (SSSR count). The predicted molar refractivity (Wildman–Crippen MR) is 80.9 cm³/mol. The molecule has 0 heterocycles. The molecule has 3 nitrogen and oxygen atoms in total. The van der Waals surface area contributed by atoms with Crippen LogP contribution in [0.3, 0.4) is 0 Å². The third kappa shape index (κ3) is 4.59. The Morgan fingerprint density at radius 2 is 1.40 bits per heavy atom. The molecule has 0 fully saturated rings. The maximum Gasteiger partial charge on any atom is 0.259 e. The Balaban J connectivity index is 0.000000240. The number of halogens is 1. The van der Waals surface area contributed by atoms with Gasteiger partial charge in [0, 0.05) is 0 Å². The molecule has 0 aliphatic rings. The van der Waals surface area contributed by atoms with Gasteiger partial charge in [-0.1, -0.05) is 42.0 Å². The Morgan fingerprint density at radius 3 is 1.70 bits per heavy atom. The van der Waals surface area contributed by atoms with E-state index in [2.05, 4.69) is 19.1 Å². The fourth-order valence-corrected chi connectivity index (χ4v) is 1.77. The number of aryl methyl sites for hydroxylation is 1.